The highest BCUT2D eigenvalue weighted by molar-refractivity contribution is 9.10. The Labute approximate surface area is 85.9 Å². The highest BCUT2D eigenvalue weighted by Crippen LogP contribution is 2.34. The number of aliphatic hydroxyl groups excluding tert-OH is 1. The molecule has 0 bridgehead atoms. The van der Waals surface area contributed by atoms with Crippen LogP contribution in [0, 0.1) is 0 Å². The smallest absolute Gasteiger partial charge is 0.0954 e. The molecule has 0 aliphatic heterocycles. The molecule has 2 atom stereocenters. The Hall–Kier alpha value is -0.380. The largest absolute Gasteiger partial charge is 0.387 e. The van der Waals surface area contributed by atoms with E-state index in [1.54, 1.807) is 0 Å². The Morgan fingerprint density at radius 2 is 2.23 bits per heavy atom. The molecule has 1 aliphatic carbocycles. The summed E-state index contributed by atoms with van der Waals surface area (Å²) in [6.45, 7) is 0. The standard InChI is InChI=1S/C10H12BrNO/c11-7-3-1-2-6-4-5-8(12)10(13)9(6)7/h1-3,8,10,13H,4-5,12H2/t8-,10-/m1/s1. The van der Waals surface area contributed by atoms with E-state index in [2.05, 4.69) is 22.0 Å². The molecule has 0 radical (unpaired) electrons. The van der Waals surface area contributed by atoms with Gasteiger partial charge in [0.1, 0.15) is 0 Å². The monoisotopic (exact) mass is 241 g/mol. The molecule has 0 amide bonds. The molecule has 1 aliphatic rings. The van der Waals surface area contributed by atoms with E-state index in [9.17, 15) is 5.11 Å². The van der Waals surface area contributed by atoms with Crippen molar-refractivity contribution < 1.29 is 5.11 Å². The third-order valence-electron chi connectivity index (χ3n) is 2.59. The summed E-state index contributed by atoms with van der Waals surface area (Å²) in [5.74, 6) is 0. The first-order valence-electron chi connectivity index (χ1n) is 4.41. The van der Waals surface area contributed by atoms with Crippen molar-refractivity contribution in [2.45, 2.75) is 25.0 Å². The summed E-state index contributed by atoms with van der Waals surface area (Å²) in [4.78, 5) is 0. The van der Waals surface area contributed by atoms with Gasteiger partial charge in [0.05, 0.1) is 6.10 Å². The van der Waals surface area contributed by atoms with E-state index in [1.807, 2.05) is 12.1 Å². The molecular weight excluding hydrogens is 230 g/mol. The number of hydrogen-bond donors (Lipinski definition) is 2. The lowest BCUT2D eigenvalue weighted by atomic mass is 9.86. The number of halogens is 1. The molecule has 13 heavy (non-hydrogen) atoms. The van der Waals surface area contributed by atoms with E-state index >= 15 is 0 Å². The van der Waals surface area contributed by atoms with Gasteiger partial charge in [-0.2, -0.15) is 0 Å². The second-order valence-corrected chi connectivity index (χ2v) is 4.31. The molecule has 0 saturated carbocycles. The minimum atomic E-state index is -0.515. The van der Waals surface area contributed by atoms with Crippen LogP contribution >= 0.6 is 15.9 Å². The van der Waals surface area contributed by atoms with Crippen LogP contribution in [-0.2, 0) is 6.42 Å². The summed E-state index contributed by atoms with van der Waals surface area (Å²) < 4.78 is 0.965. The molecule has 0 spiro atoms. The molecule has 3 heteroatoms. The van der Waals surface area contributed by atoms with Crippen molar-refractivity contribution in [2.75, 3.05) is 0 Å². The second-order valence-electron chi connectivity index (χ2n) is 3.46. The molecule has 1 aromatic rings. The molecule has 70 valence electrons. The normalized spacial score (nSPS) is 27.0. The quantitative estimate of drug-likeness (QED) is 0.728. The maximum absolute atomic E-state index is 9.86. The summed E-state index contributed by atoms with van der Waals surface area (Å²) >= 11 is 3.43. The molecule has 0 saturated heterocycles. The van der Waals surface area contributed by atoms with Crippen molar-refractivity contribution in [1.82, 2.24) is 0 Å². The van der Waals surface area contributed by atoms with Gasteiger partial charge >= 0.3 is 0 Å². The van der Waals surface area contributed by atoms with Gasteiger partial charge in [0.2, 0.25) is 0 Å². The fraction of sp³-hybridized carbons (Fsp3) is 0.400. The van der Waals surface area contributed by atoms with Crippen molar-refractivity contribution in [3.8, 4) is 0 Å². The van der Waals surface area contributed by atoms with Gasteiger partial charge < -0.3 is 10.8 Å². The Morgan fingerprint density at radius 3 is 3.00 bits per heavy atom. The van der Waals surface area contributed by atoms with Gasteiger partial charge in [-0.05, 0) is 30.0 Å². The Kier molecular flexibility index (Phi) is 2.41. The van der Waals surface area contributed by atoms with Gasteiger partial charge in [0, 0.05) is 10.5 Å². The molecule has 2 rings (SSSR count). The molecule has 1 aromatic carbocycles. The van der Waals surface area contributed by atoms with Crippen LogP contribution < -0.4 is 5.73 Å². The number of fused-ring (bicyclic) bond motifs is 1. The summed E-state index contributed by atoms with van der Waals surface area (Å²) in [6, 6.07) is 5.87. The fourth-order valence-corrected chi connectivity index (χ4v) is 2.47. The molecular formula is C10H12BrNO. The summed E-state index contributed by atoms with van der Waals surface area (Å²) in [5, 5.41) is 9.86. The zero-order chi connectivity index (χ0) is 9.42. The van der Waals surface area contributed by atoms with Crippen LogP contribution in [0.1, 0.15) is 23.7 Å². The minimum absolute atomic E-state index is 0.119. The molecule has 0 fully saturated rings. The fourth-order valence-electron chi connectivity index (χ4n) is 1.83. The first-order valence-corrected chi connectivity index (χ1v) is 5.20. The molecule has 0 unspecified atom stereocenters. The number of aliphatic hydroxyl groups is 1. The van der Waals surface area contributed by atoms with Crippen molar-refractivity contribution >= 4 is 15.9 Å². The van der Waals surface area contributed by atoms with E-state index in [0.717, 1.165) is 22.9 Å². The number of aryl methyl sites for hydroxylation is 1. The van der Waals surface area contributed by atoms with Crippen molar-refractivity contribution in [1.29, 1.82) is 0 Å². The van der Waals surface area contributed by atoms with Gasteiger partial charge in [-0.25, -0.2) is 0 Å². The maximum Gasteiger partial charge on any atom is 0.0954 e. The molecule has 3 N–H and O–H groups in total. The van der Waals surface area contributed by atoms with Gasteiger partial charge in [-0.3, -0.25) is 0 Å². The minimum Gasteiger partial charge on any atom is -0.387 e. The summed E-state index contributed by atoms with van der Waals surface area (Å²) in [6.07, 6.45) is 1.32. The number of benzene rings is 1. The Bertz CT molecular complexity index is 327. The number of hydrogen-bond acceptors (Lipinski definition) is 2. The zero-order valence-corrected chi connectivity index (χ0v) is 8.79. The Morgan fingerprint density at radius 1 is 1.46 bits per heavy atom. The highest BCUT2D eigenvalue weighted by Gasteiger charge is 2.26. The first kappa shape index (κ1) is 9.19. The van der Waals surface area contributed by atoms with Crippen LogP contribution in [0.15, 0.2) is 22.7 Å². The summed E-state index contributed by atoms with van der Waals surface area (Å²) in [7, 11) is 0. The van der Waals surface area contributed by atoms with Crippen LogP contribution in [0.3, 0.4) is 0 Å². The molecule has 2 nitrogen and oxygen atoms in total. The second kappa shape index (κ2) is 3.40. The van der Waals surface area contributed by atoms with Gasteiger partial charge in [0.25, 0.3) is 0 Å². The SMILES string of the molecule is N[C@@H]1CCc2cccc(Br)c2[C@@H]1O. The molecule has 0 aromatic heterocycles. The van der Waals surface area contributed by atoms with E-state index in [-0.39, 0.29) is 6.04 Å². The van der Waals surface area contributed by atoms with E-state index in [0.29, 0.717) is 0 Å². The summed E-state index contributed by atoms with van der Waals surface area (Å²) in [5.41, 5.74) is 7.98. The predicted octanol–water partition coefficient (Wildman–Crippen LogP) is 1.76. The first-order chi connectivity index (χ1) is 6.20. The van der Waals surface area contributed by atoms with Crippen molar-refractivity contribution in [3.63, 3.8) is 0 Å². The van der Waals surface area contributed by atoms with E-state index < -0.39 is 6.10 Å². The van der Waals surface area contributed by atoms with Crippen molar-refractivity contribution in [2.24, 2.45) is 5.73 Å². The average molecular weight is 242 g/mol. The average Bonchev–Trinajstić information content (AvgIpc) is 2.12. The van der Waals surface area contributed by atoms with Crippen LogP contribution in [0.2, 0.25) is 0 Å². The maximum atomic E-state index is 9.86. The topological polar surface area (TPSA) is 46.2 Å². The third-order valence-corrected chi connectivity index (χ3v) is 3.28. The van der Waals surface area contributed by atoms with Crippen molar-refractivity contribution in [3.05, 3.63) is 33.8 Å². The lowest BCUT2D eigenvalue weighted by molar-refractivity contribution is 0.133. The van der Waals surface area contributed by atoms with Crippen LogP contribution in [0.5, 0.6) is 0 Å². The van der Waals surface area contributed by atoms with Crippen LogP contribution in [0.4, 0.5) is 0 Å². The van der Waals surface area contributed by atoms with Crippen LogP contribution in [0.25, 0.3) is 0 Å². The third kappa shape index (κ3) is 1.52. The number of rotatable bonds is 0. The zero-order valence-electron chi connectivity index (χ0n) is 7.20. The van der Waals surface area contributed by atoms with E-state index in [4.69, 9.17) is 5.73 Å². The molecule has 0 heterocycles. The highest BCUT2D eigenvalue weighted by atomic mass is 79.9. The van der Waals surface area contributed by atoms with Gasteiger partial charge in [-0.1, -0.05) is 28.1 Å². The lowest BCUT2D eigenvalue weighted by Gasteiger charge is -2.28. The van der Waals surface area contributed by atoms with Gasteiger partial charge in [0.15, 0.2) is 0 Å². The van der Waals surface area contributed by atoms with Gasteiger partial charge in [-0.15, -0.1) is 0 Å². The Balaban J connectivity index is 2.51. The predicted molar refractivity (Wildman–Crippen MR) is 55.4 cm³/mol. The van der Waals surface area contributed by atoms with E-state index in [1.165, 1.54) is 5.56 Å². The number of nitrogens with two attached hydrogens (primary N) is 1. The lowest BCUT2D eigenvalue weighted by Crippen LogP contribution is -2.33. The van der Waals surface area contributed by atoms with Crippen LogP contribution in [-0.4, -0.2) is 11.1 Å².